The lowest BCUT2D eigenvalue weighted by atomic mass is 10.1. The third kappa shape index (κ3) is 8.64. The van der Waals surface area contributed by atoms with E-state index in [1.54, 1.807) is 66.7 Å². The van der Waals surface area contributed by atoms with Gasteiger partial charge in [-0.25, -0.2) is 0 Å². The van der Waals surface area contributed by atoms with Crippen LogP contribution in [0.15, 0.2) is 108 Å². The maximum atomic E-state index is 13.5. The summed E-state index contributed by atoms with van der Waals surface area (Å²) >= 11 is 1.37. The van der Waals surface area contributed by atoms with Crippen LogP contribution in [0.5, 0.6) is 17.2 Å². The summed E-state index contributed by atoms with van der Waals surface area (Å²) < 4.78 is 16.3. The van der Waals surface area contributed by atoms with Gasteiger partial charge in [-0.05, 0) is 60.7 Å². The normalized spacial score (nSPS) is 10.8. The first kappa shape index (κ1) is 30.7. The predicted octanol–water partition coefficient (Wildman–Crippen LogP) is 5.85. The molecule has 0 atom stereocenters. The van der Waals surface area contributed by atoms with Crippen molar-refractivity contribution >= 4 is 46.9 Å². The van der Waals surface area contributed by atoms with Crippen LogP contribution in [0.3, 0.4) is 0 Å². The zero-order valence-electron chi connectivity index (χ0n) is 23.9. The number of para-hydroxylation sites is 1. The zero-order valence-corrected chi connectivity index (χ0v) is 24.7. The Balaban J connectivity index is 1.51. The van der Waals surface area contributed by atoms with Gasteiger partial charge in [-0.3, -0.25) is 14.4 Å². The Hall–Kier alpha value is -5.22. The first-order valence-corrected chi connectivity index (χ1v) is 14.2. The Morgan fingerprint density at radius 2 is 1.28 bits per heavy atom. The minimum Gasteiger partial charge on any atom is -0.496 e. The molecule has 10 heteroatoms. The molecule has 0 saturated carbocycles. The van der Waals surface area contributed by atoms with Gasteiger partial charge in [-0.2, -0.15) is 0 Å². The molecular weight excluding hydrogens is 566 g/mol. The highest BCUT2D eigenvalue weighted by Crippen LogP contribution is 2.35. The van der Waals surface area contributed by atoms with E-state index in [9.17, 15) is 14.4 Å². The molecule has 9 nitrogen and oxygen atoms in total. The van der Waals surface area contributed by atoms with Crippen molar-refractivity contribution in [1.82, 2.24) is 5.32 Å². The van der Waals surface area contributed by atoms with E-state index < -0.39 is 11.8 Å². The van der Waals surface area contributed by atoms with Crippen molar-refractivity contribution < 1.29 is 28.6 Å². The van der Waals surface area contributed by atoms with E-state index >= 15 is 0 Å². The summed E-state index contributed by atoms with van der Waals surface area (Å²) in [5, 5.41) is 8.39. The van der Waals surface area contributed by atoms with Gasteiger partial charge in [0.05, 0.1) is 27.1 Å². The summed E-state index contributed by atoms with van der Waals surface area (Å²) in [7, 11) is 4.50. The highest BCUT2D eigenvalue weighted by Gasteiger charge is 2.18. The third-order valence-electron chi connectivity index (χ3n) is 6.10. The van der Waals surface area contributed by atoms with Gasteiger partial charge in [-0.15, -0.1) is 11.8 Å². The van der Waals surface area contributed by atoms with Gasteiger partial charge < -0.3 is 30.2 Å². The Morgan fingerprint density at radius 3 is 1.91 bits per heavy atom. The van der Waals surface area contributed by atoms with Crippen molar-refractivity contribution in [1.29, 1.82) is 0 Å². The number of nitrogens with one attached hydrogen (secondary N) is 3. The van der Waals surface area contributed by atoms with E-state index in [4.69, 9.17) is 14.2 Å². The van der Waals surface area contributed by atoms with Gasteiger partial charge in [0.15, 0.2) is 11.5 Å². The zero-order chi connectivity index (χ0) is 30.6. The van der Waals surface area contributed by atoms with Crippen LogP contribution in [0, 0.1) is 0 Å². The van der Waals surface area contributed by atoms with Gasteiger partial charge >= 0.3 is 0 Å². The van der Waals surface area contributed by atoms with Crippen LogP contribution in [0.2, 0.25) is 0 Å². The Morgan fingerprint density at radius 1 is 0.698 bits per heavy atom. The molecule has 220 valence electrons. The molecule has 4 aromatic rings. The minimum atomic E-state index is -0.552. The van der Waals surface area contributed by atoms with Gasteiger partial charge in [0.2, 0.25) is 5.91 Å². The number of thioether (sulfide) groups is 1. The average molecular weight is 598 g/mol. The van der Waals surface area contributed by atoms with Crippen LogP contribution in [0.25, 0.3) is 6.08 Å². The first-order valence-electron chi connectivity index (χ1n) is 13.2. The van der Waals surface area contributed by atoms with Gasteiger partial charge in [-0.1, -0.05) is 36.4 Å². The van der Waals surface area contributed by atoms with Crippen molar-refractivity contribution in [3.05, 3.63) is 114 Å². The molecule has 0 aromatic heterocycles. The largest absolute Gasteiger partial charge is 0.496 e. The number of carbonyl (C=O) groups is 3. The molecule has 4 rings (SSSR count). The second-order valence-corrected chi connectivity index (χ2v) is 10.1. The summed E-state index contributed by atoms with van der Waals surface area (Å²) in [5.41, 5.74) is 2.09. The molecule has 3 N–H and O–H groups in total. The number of anilines is 2. The lowest BCUT2D eigenvalue weighted by Crippen LogP contribution is -2.30. The number of hydrogen-bond donors (Lipinski definition) is 3. The minimum absolute atomic E-state index is 0.0181. The van der Waals surface area contributed by atoms with Gasteiger partial charge in [0.25, 0.3) is 11.8 Å². The molecule has 4 aromatic carbocycles. The second-order valence-electron chi connectivity index (χ2n) is 9.01. The molecule has 0 aliphatic carbocycles. The number of benzene rings is 4. The lowest BCUT2D eigenvalue weighted by molar-refractivity contribution is -0.114. The highest BCUT2D eigenvalue weighted by atomic mass is 32.2. The van der Waals surface area contributed by atoms with Crippen molar-refractivity contribution in [2.45, 2.75) is 4.90 Å². The monoisotopic (exact) mass is 597 g/mol. The van der Waals surface area contributed by atoms with E-state index in [-0.39, 0.29) is 17.4 Å². The van der Waals surface area contributed by atoms with Crippen LogP contribution >= 0.6 is 11.8 Å². The fourth-order valence-corrected chi connectivity index (χ4v) is 4.66. The fraction of sp³-hybridized carbons (Fsp3) is 0.121. The molecule has 0 heterocycles. The molecule has 43 heavy (non-hydrogen) atoms. The summed E-state index contributed by atoms with van der Waals surface area (Å²) in [5.74, 6) is 0.385. The third-order valence-corrected chi connectivity index (χ3v) is 7.12. The van der Waals surface area contributed by atoms with Crippen LogP contribution < -0.4 is 30.2 Å². The molecule has 3 amide bonds. The van der Waals surface area contributed by atoms with Crippen LogP contribution in [-0.2, 0) is 9.59 Å². The summed E-state index contributed by atoms with van der Waals surface area (Å²) in [4.78, 5) is 39.6. The molecular formula is C33H31N3O6S. The quantitative estimate of drug-likeness (QED) is 0.139. The topological polar surface area (TPSA) is 115 Å². The molecule has 0 aliphatic rings. The molecule has 0 aliphatic heterocycles. The maximum absolute atomic E-state index is 13.5. The molecule has 0 spiro atoms. The molecule has 0 saturated heterocycles. The molecule has 0 radical (unpaired) electrons. The van der Waals surface area contributed by atoms with Crippen LogP contribution in [0.4, 0.5) is 11.4 Å². The lowest BCUT2D eigenvalue weighted by Gasteiger charge is -2.15. The molecule has 0 bridgehead atoms. The van der Waals surface area contributed by atoms with Crippen molar-refractivity contribution in [3.8, 4) is 17.2 Å². The van der Waals surface area contributed by atoms with Crippen molar-refractivity contribution in [2.24, 2.45) is 0 Å². The number of carbonyl (C=O) groups excluding carboxylic acids is 3. The number of rotatable bonds is 12. The Kier molecular flexibility index (Phi) is 10.8. The number of ether oxygens (including phenoxy) is 3. The smallest absolute Gasteiger partial charge is 0.272 e. The van der Waals surface area contributed by atoms with Gasteiger partial charge in [0.1, 0.15) is 11.4 Å². The first-order chi connectivity index (χ1) is 20.9. The fourth-order valence-electron chi connectivity index (χ4n) is 3.96. The van der Waals surface area contributed by atoms with E-state index in [1.165, 1.54) is 39.2 Å². The highest BCUT2D eigenvalue weighted by molar-refractivity contribution is 8.00. The maximum Gasteiger partial charge on any atom is 0.272 e. The van der Waals surface area contributed by atoms with Crippen molar-refractivity contribution in [3.63, 3.8) is 0 Å². The number of hydrogen-bond acceptors (Lipinski definition) is 7. The van der Waals surface area contributed by atoms with Crippen LogP contribution in [-0.4, -0.2) is 44.8 Å². The predicted molar refractivity (Wildman–Crippen MR) is 169 cm³/mol. The SMILES string of the molecule is COc1cc(OC)c(OC)cc1/C=C(\NC(=O)c1ccccc1)C(=O)Nc1ccc(SCC(=O)Nc2ccccc2)cc1. The molecule has 0 unspecified atom stereocenters. The second kappa shape index (κ2) is 15.1. The van der Waals surface area contributed by atoms with E-state index in [2.05, 4.69) is 16.0 Å². The van der Waals surface area contributed by atoms with Crippen molar-refractivity contribution in [2.75, 3.05) is 37.7 Å². The van der Waals surface area contributed by atoms with E-state index in [1.807, 2.05) is 30.3 Å². The van der Waals surface area contributed by atoms with Crippen LogP contribution in [0.1, 0.15) is 15.9 Å². The number of amides is 3. The summed E-state index contributed by atoms with van der Waals surface area (Å²) in [6.07, 6.45) is 1.51. The van der Waals surface area contributed by atoms with E-state index in [0.717, 1.165) is 10.6 Å². The summed E-state index contributed by atoms with van der Waals surface area (Å²) in [6.45, 7) is 0. The number of methoxy groups -OCH3 is 3. The Bertz CT molecular complexity index is 1590. The average Bonchev–Trinajstić information content (AvgIpc) is 3.04. The van der Waals surface area contributed by atoms with E-state index in [0.29, 0.717) is 34.1 Å². The molecule has 0 fully saturated rings. The standard InChI is InChI=1S/C33H31N3O6S/c1-40-28-20-30(42-3)29(41-2)19-23(28)18-27(36-32(38)22-10-6-4-7-11-22)33(39)35-25-14-16-26(17-15-25)43-21-31(37)34-24-12-8-5-9-13-24/h4-20H,21H2,1-3H3,(H,34,37)(H,35,39)(H,36,38)/b27-18-. The Labute approximate surface area is 254 Å². The van der Waals surface area contributed by atoms with Gasteiger partial charge in [0, 0.05) is 33.5 Å². The summed E-state index contributed by atoms with van der Waals surface area (Å²) in [6, 6.07) is 28.2.